The molecule has 0 saturated heterocycles. The van der Waals surface area contributed by atoms with Gasteiger partial charge in [0, 0.05) is 25.8 Å². The molecule has 1 heterocycles. The van der Waals surface area contributed by atoms with Crippen molar-refractivity contribution in [2.45, 2.75) is 51.5 Å². The largest absolute Gasteiger partial charge is 0.395 e. The van der Waals surface area contributed by atoms with E-state index < -0.39 is 0 Å². The highest BCUT2D eigenvalue weighted by Crippen LogP contribution is 2.24. The maximum Gasteiger partial charge on any atom is 0.257 e. The molecule has 0 aromatic carbocycles. The molecule has 0 bridgehead atoms. The lowest BCUT2D eigenvalue weighted by Crippen LogP contribution is -2.43. The normalized spacial score (nSPS) is 16.4. The van der Waals surface area contributed by atoms with E-state index in [-0.39, 0.29) is 18.6 Å². The average Bonchev–Trinajstić information content (AvgIpc) is 2.86. The fourth-order valence-corrected chi connectivity index (χ4v) is 3.08. The van der Waals surface area contributed by atoms with E-state index in [9.17, 15) is 9.90 Å². The average molecular weight is 279 g/mol. The summed E-state index contributed by atoms with van der Waals surface area (Å²) in [7, 11) is 1.84. The first kappa shape index (κ1) is 15.0. The molecular formula is C15H25N3O2. The van der Waals surface area contributed by atoms with Crippen molar-refractivity contribution in [1.82, 2.24) is 14.7 Å². The minimum atomic E-state index is 0.0178. The second-order valence-corrected chi connectivity index (χ2v) is 5.53. The predicted molar refractivity (Wildman–Crippen MR) is 77.6 cm³/mol. The maximum atomic E-state index is 12.8. The van der Waals surface area contributed by atoms with Crippen molar-refractivity contribution in [3.63, 3.8) is 0 Å². The van der Waals surface area contributed by atoms with Gasteiger partial charge < -0.3 is 10.0 Å². The highest BCUT2D eigenvalue weighted by molar-refractivity contribution is 5.95. The Morgan fingerprint density at radius 1 is 1.45 bits per heavy atom. The van der Waals surface area contributed by atoms with Gasteiger partial charge in [-0.15, -0.1) is 0 Å². The van der Waals surface area contributed by atoms with Gasteiger partial charge >= 0.3 is 0 Å². The number of aryl methyl sites for hydroxylation is 2. The monoisotopic (exact) mass is 279 g/mol. The Morgan fingerprint density at radius 3 is 2.75 bits per heavy atom. The lowest BCUT2D eigenvalue weighted by atomic mass is 9.93. The van der Waals surface area contributed by atoms with Crippen LogP contribution in [-0.4, -0.2) is 44.9 Å². The van der Waals surface area contributed by atoms with Crippen molar-refractivity contribution in [3.05, 3.63) is 17.5 Å². The van der Waals surface area contributed by atoms with Crippen LogP contribution >= 0.6 is 0 Å². The third-order valence-corrected chi connectivity index (χ3v) is 4.09. The SMILES string of the molecule is CCc1nn(C)cc1C(=O)N(CCO)C1CCCCC1. The third kappa shape index (κ3) is 3.20. The van der Waals surface area contributed by atoms with Crippen LogP contribution in [0.2, 0.25) is 0 Å². The molecule has 1 aromatic rings. The zero-order valence-corrected chi connectivity index (χ0v) is 12.5. The molecule has 1 aliphatic carbocycles. The fraction of sp³-hybridized carbons (Fsp3) is 0.733. The molecule has 5 heteroatoms. The van der Waals surface area contributed by atoms with Gasteiger partial charge in [0.15, 0.2) is 0 Å². The molecule has 5 nitrogen and oxygen atoms in total. The summed E-state index contributed by atoms with van der Waals surface area (Å²) in [5.74, 6) is 0.0240. The minimum Gasteiger partial charge on any atom is -0.395 e. The Morgan fingerprint density at radius 2 is 2.15 bits per heavy atom. The zero-order valence-electron chi connectivity index (χ0n) is 12.5. The van der Waals surface area contributed by atoms with Gasteiger partial charge in [-0.1, -0.05) is 26.2 Å². The first-order valence-electron chi connectivity index (χ1n) is 7.61. The van der Waals surface area contributed by atoms with Crippen molar-refractivity contribution in [3.8, 4) is 0 Å². The van der Waals surface area contributed by atoms with Crippen LogP contribution in [0.3, 0.4) is 0 Å². The van der Waals surface area contributed by atoms with Crippen LogP contribution in [0.1, 0.15) is 55.1 Å². The van der Waals surface area contributed by atoms with E-state index >= 15 is 0 Å². The van der Waals surface area contributed by atoms with E-state index in [0.29, 0.717) is 12.1 Å². The number of hydrogen-bond acceptors (Lipinski definition) is 3. The zero-order chi connectivity index (χ0) is 14.5. The van der Waals surface area contributed by atoms with Gasteiger partial charge in [-0.3, -0.25) is 9.48 Å². The molecule has 20 heavy (non-hydrogen) atoms. The van der Waals surface area contributed by atoms with Crippen LogP contribution < -0.4 is 0 Å². The quantitative estimate of drug-likeness (QED) is 0.893. The summed E-state index contributed by atoms with van der Waals surface area (Å²) < 4.78 is 1.70. The summed E-state index contributed by atoms with van der Waals surface area (Å²) in [6, 6.07) is 0.272. The van der Waals surface area contributed by atoms with E-state index in [1.807, 2.05) is 18.9 Å². The molecule has 0 radical (unpaired) electrons. The standard InChI is InChI=1S/C15H25N3O2/c1-3-14-13(11-17(2)16-14)15(20)18(9-10-19)12-7-5-4-6-8-12/h11-12,19H,3-10H2,1-2H3. The Hall–Kier alpha value is -1.36. The van der Waals surface area contributed by atoms with Gasteiger partial charge in [-0.05, 0) is 19.3 Å². The molecule has 1 fully saturated rings. The van der Waals surface area contributed by atoms with Crippen LogP contribution in [0.4, 0.5) is 0 Å². The smallest absolute Gasteiger partial charge is 0.257 e. The summed E-state index contributed by atoms with van der Waals surface area (Å²) in [6.45, 7) is 2.45. The number of carbonyl (C=O) groups is 1. The molecule has 1 aromatic heterocycles. The maximum absolute atomic E-state index is 12.8. The Balaban J connectivity index is 2.20. The molecule has 112 valence electrons. The van der Waals surface area contributed by atoms with Gasteiger partial charge in [-0.2, -0.15) is 5.10 Å². The highest BCUT2D eigenvalue weighted by atomic mass is 16.3. The molecule has 0 unspecified atom stereocenters. The molecule has 0 aliphatic heterocycles. The van der Waals surface area contributed by atoms with Crippen molar-refractivity contribution in [2.24, 2.45) is 7.05 Å². The second-order valence-electron chi connectivity index (χ2n) is 5.53. The summed E-state index contributed by atoms with van der Waals surface area (Å²) in [6.07, 6.45) is 8.25. The number of aliphatic hydroxyl groups excluding tert-OH is 1. The number of hydrogen-bond donors (Lipinski definition) is 1. The Kier molecular flexibility index (Phi) is 5.17. The summed E-state index contributed by atoms with van der Waals surface area (Å²) >= 11 is 0. The van der Waals surface area contributed by atoms with E-state index in [1.54, 1.807) is 10.9 Å². The number of aromatic nitrogens is 2. The Bertz CT molecular complexity index is 450. The van der Waals surface area contributed by atoms with E-state index in [1.165, 1.54) is 19.3 Å². The lowest BCUT2D eigenvalue weighted by molar-refractivity contribution is 0.0584. The third-order valence-electron chi connectivity index (χ3n) is 4.09. The minimum absolute atomic E-state index is 0.0178. The summed E-state index contributed by atoms with van der Waals surface area (Å²) in [5.41, 5.74) is 1.53. The summed E-state index contributed by atoms with van der Waals surface area (Å²) in [4.78, 5) is 14.6. The van der Waals surface area contributed by atoms with Crippen molar-refractivity contribution in [2.75, 3.05) is 13.2 Å². The molecule has 2 rings (SSSR count). The molecule has 0 spiro atoms. The highest BCUT2D eigenvalue weighted by Gasteiger charge is 2.28. The number of amides is 1. The van der Waals surface area contributed by atoms with Gasteiger partial charge in [0.2, 0.25) is 0 Å². The number of rotatable bonds is 5. The van der Waals surface area contributed by atoms with Crippen molar-refractivity contribution in [1.29, 1.82) is 0 Å². The van der Waals surface area contributed by atoms with E-state index in [0.717, 1.165) is 25.0 Å². The van der Waals surface area contributed by atoms with Crippen molar-refractivity contribution < 1.29 is 9.90 Å². The van der Waals surface area contributed by atoms with Gasteiger partial charge in [0.1, 0.15) is 0 Å². The first-order valence-corrected chi connectivity index (χ1v) is 7.61. The van der Waals surface area contributed by atoms with Gasteiger partial charge in [-0.25, -0.2) is 0 Å². The summed E-state index contributed by atoms with van der Waals surface area (Å²) in [5, 5.41) is 13.6. The van der Waals surface area contributed by atoms with Gasteiger partial charge in [0.25, 0.3) is 5.91 Å². The van der Waals surface area contributed by atoms with Crippen LogP contribution in [0.25, 0.3) is 0 Å². The lowest BCUT2D eigenvalue weighted by Gasteiger charge is -2.34. The predicted octanol–water partition coefficient (Wildman–Crippen LogP) is 1.75. The molecule has 1 N–H and O–H groups in total. The first-order chi connectivity index (χ1) is 9.67. The molecule has 1 amide bonds. The van der Waals surface area contributed by atoms with Crippen LogP contribution in [-0.2, 0) is 13.5 Å². The van der Waals surface area contributed by atoms with Crippen LogP contribution in [0, 0.1) is 0 Å². The van der Waals surface area contributed by atoms with Crippen LogP contribution in [0.5, 0.6) is 0 Å². The Labute approximate surface area is 120 Å². The molecule has 1 aliphatic rings. The van der Waals surface area contributed by atoms with Gasteiger partial charge in [0.05, 0.1) is 17.9 Å². The number of aliphatic hydroxyl groups is 1. The molecule has 0 atom stereocenters. The van der Waals surface area contributed by atoms with E-state index in [2.05, 4.69) is 5.10 Å². The van der Waals surface area contributed by atoms with Crippen molar-refractivity contribution >= 4 is 5.91 Å². The van der Waals surface area contributed by atoms with E-state index in [4.69, 9.17) is 0 Å². The fourth-order valence-electron chi connectivity index (χ4n) is 3.08. The number of nitrogens with zero attached hydrogens (tertiary/aromatic N) is 3. The molecule has 1 saturated carbocycles. The number of carbonyl (C=O) groups excluding carboxylic acids is 1. The molecular weight excluding hydrogens is 254 g/mol. The second kappa shape index (κ2) is 6.88. The van der Waals surface area contributed by atoms with Crippen LogP contribution in [0.15, 0.2) is 6.20 Å². The topological polar surface area (TPSA) is 58.4 Å².